The Kier molecular flexibility index (Phi) is 5.40. The van der Waals surface area contributed by atoms with E-state index in [4.69, 9.17) is 5.73 Å². The van der Waals surface area contributed by atoms with Crippen molar-refractivity contribution in [2.45, 2.75) is 6.18 Å². The summed E-state index contributed by atoms with van der Waals surface area (Å²) < 4.78 is 73.3. The van der Waals surface area contributed by atoms with Crippen molar-refractivity contribution in [1.82, 2.24) is 0 Å². The summed E-state index contributed by atoms with van der Waals surface area (Å²) in [5.41, 5.74) is 1.25. The van der Waals surface area contributed by atoms with Gasteiger partial charge in [0.2, 0.25) is 0 Å². The summed E-state index contributed by atoms with van der Waals surface area (Å²) in [6.07, 6.45) is -5.03. The first-order valence-corrected chi connectivity index (χ1v) is 3.79. The van der Waals surface area contributed by atoms with Gasteiger partial charge in [-0.3, -0.25) is 0 Å². The van der Waals surface area contributed by atoms with Crippen molar-refractivity contribution in [3.05, 3.63) is 23.8 Å². The minimum absolute atomic E-state index is 0. The van der Waals surface area contributed by atoms with Crippen LogP contribution in [0.2, 0.25) is 0 Å². The predicted octanol–water partition coefficient (Wildman–Crippen LogP) is -0.654. The molecule has 9 heteroatoms. The zero-order chi connectivity index (χ0) is 11.9. The molecule has 0 saturated heterocycles. The summed E-state index contributed by atoms with van der Waals surface area (Å²) in [5, 5.41) is 0. The Morgan fingerprint density at radius 1 is 1.06 bits per heavy atom. The molecule has 0 fully saturated rings. The Balaban J connectivity index is 0.00000225. The number of halogens is 6. The number of benzene rings is 1. The van der Waals surface area contributed by atoms with Crippen LogP contribution in [0.5, 0.6) is 0 Å². The maximum absolute atomic E-state index is 12.3. The van der Waals surface area contributed by atoms with Gasteiger partial charge < -0.3 is 18.7 Å². The van der Waals surface area contributed by atoms with Gasteiger partial charge in [0.05, 0.1) is 0 Å². The topological polar surface area (TPSA) is 26.0 Å². The molecule has 0 unspecified atom stereocenters. The quantitative estimate of drug-likeness (QED) is 0.408. The monoisotopic (exact) mass is 267 g/mol. The van der Waals surface area contributed by atoms with Gasteiger partial charge in [0.15, 0.2) is 0 Å². The van der Waals surface area contributed by atoms with Crippen molar-refractivity contribution in [3.63, 3.8) is 0 Å². The fourth-order valence-corrected chi connectivity index (χ4v) is 1.11. The third-order valence-electron chi connectivity index (χ3n) is 1.73. The molecule has 0 aliphatic carbocycles. The molecule has 2 N–H and O–H groups in total. The first-order valence-electron chi connectivity index (χ1n) is 3.79. The summed E-state index contributed by atoms with van der Waals surface area (Å²) in [6, 6.07) is 1.41. The van der Waals surface area contributed by atoms with Crippen molar-refractivity contribution in [2.75, 3.05) is 5.73 Å². The van der Waals surface area contributed by atoms with E-state index in [1.165, 1.54) is 0 Å². The summed E-state index contributed by atoms with van der Waals surface area (Å²) in [5.74, 6) is 0. The standard InChI is InChI=1S/C7H5BF6N.K/c9-7(10,11)5-2-1-4(15)3-6(5)8(12,13)14;/h1-3H,15H2;/q-1;+1. The number of anilines is 1. The maximum Gasteiger partial charge on any atom is 1.00 e. The van der Waals surface area contributed by atoms with Gasteiger partial charge in [0.1, 0.15) is 0 Å². The largest absolute Gasteiger partial charge is 1.00 e. The van der Waals surface area contributed by atoms with Gasteiger partial charge in [0.25, 0.3) is 0 Å². The average molecular weight is 267 g/mol. The van der Waals surface area contributed by atoms with Gasteiger partial charge in [0, 0.05) is 11.3 Å². The second-order valence-corrected chi connectivity index (χ2v) is 2.92. The minimum atomic E-state index is -5.72. The predicted molar refractivity (Wildman–Crippen MR) is 44.6 cm³/mol. The van der Waals surface area contributed by atoms with Gasteiger partial charge in [-0.15, -0.1) is 0 Å². The van der Waals surface area contributed by atoms with Gasteiger partial charge >= 0.3 is 64.5 Å². The Bertz CT molecular complexity index is 374. The number of nitrogens with two attached hydrogens (primary N) is 1. The van der Waals surface area contributed by atoms with Crippen LogP contribution in [0.4, 0.5) is 31.8 Å². The molecule has 0 saturated carbocycles. The van der Waals surface area contributed by atoms with Crippen LogP contribution >= 0.6 is 0 Å². The fourth-order valence-electron chi connectivity index (χ4n) is 1.11. The molecule has 1 rings (SSSR count). The van der Waals surface area contributed by atoms with Crippen molar-refractivity contribution >= 4 is 18.1 Å². The maximum atomic E-state index is 12.3. The molecule has 16 heavy (non-hydrogen) atoms. The molecule has 0 atom stereocenters. The number of nitrogen functional groups attached to an aromatic ring is 1. The van der Waals surface area contributed by atoms with Crippen LogP contribution in [0.25, 0.3) is 0 Å². The van der Waals surface area contributed by atoms with Crippen molar-refractivity contribution < 1.29 is 77.5 Å². The van der Waals surface area contributed by atoms with E-state index in [0.717, 1.165) is 6.07 Å². The third-order valence-corrected chi connectivity index (χ3v) is 1.73. The molecule has 0 bridgehead atoms. The molecule has 0 aromatic heterocycles. The Hall–Kier alpha value is 0.301. The van der Waals surface area contributed by atoms with Crippen molar-refractivity contribution in [1.29, 1.82) is 0 Å². The van der Waals surface area contributed by atoms with Crippen LogP contribution in [0.15, 0.2) is 18.2 Å². The van der Waals surface area contributed by atoms with Crippen LogP contribution < -0.4 is 62.6 Å². The van der Waals surface area contributed by atoms with E-state index in [-0.39, 0.29) is 57.1 Å². The minimum Gasteiger partial charge on any atom is -0.445 e. The number of hydrogen-bond acceptors (Lipinski definition) is 1. The smallest absolute Gasteiger partial charge is 0.445 e. The van der Waals surface area contributed by atoms with Gasteiger partial charge in [-0.25, -0.2) is 0 Å². The molecule has 1 aromatic rings. The normalized spacial score (nSPS) is 12.1. The first kappa shape index (κ1) is 16.3. The average Bonchev–Trinajstić information content (AvgIpc) is 2.00. The Morgan fingerprint density at radius 3 is 1.94 bits per heavy atom. The molecule has 0 aliphatic heterocycles. The zero-order valence-corrected chi connectivity index (χ0v) is 11.3. The summed E-state index contributed by atoms with van der Waals surface area (Å²) in [4.78, 5) is 0. The fraction of sp³-hybridized carbons (Fsp3) is 0.143. The number of rotatable bonds is 1. The van der Waals surface area contributed by atoms with Crippen molar-refractivity contribution in [2.24, 2.45) is 0 Å². The van der Waals surface area contributed by atoms with E-state index in [1.54, 1.807) is 0 Å². The van der Waals surface area contributed by atoms with Crippen LogP contribution in [0, 0.1) is 0 Å². The molecule has 84 valence electrons. The van der Waals surface area contributed by atoms with Gasteiger partial charge in [-0.2, -0.15) is 13.2 Å². The first-order chi connectivity index (χ1) is 6.62. The van der Waals surface area contributed by atoms with Crippen LogP contribution in [0.3, 0.4) is 0 Å². The second kappa shape index (κ2) is 5.30. The molecule has 1 aromatic carbocycles. The summed E-state index contributed by atoms with van der Waals surface area (Å²) in [6.45, 7) is -5.72. The summed E-state index contributed by atoms with van der Waals surface area (Å²) >= 11 is 0. The van der Waals surface area contributed by atoms with E-state index in [0.29, 0.717) is 12.1 Å². The third kappa shape index (κ3) is 3.95. The van der Waals surface area contributed by atoms with Crippen molar-refractivity contribution in [3.8, 4) is 0 Å². The van der Waals surface area contributed by atoms with E-state index < -0.39 is 24.2 Å². The van der Waals surface area contributed by atoms with E-state index in [2.05, 4.69) is 0 Å². The molecule has 0 radical (unpaired) electrons. The van der Waals surface area contributed by atoms with E-state index in [9.17, 15) is 26.1 Å². The Morgan fingerprint density at radius 2 is 1.56 bits per heavy atom. The molecular weight excluding hydrogens is 262 g/mol. The number of alkyl halides is 3. The molecule has 0 spiro atoms. The van der Waals surface area contributed by atoms with Crippen LogP contribution in [-0.4, -0.2) is 6.98 Å². The van der Waals surface area contributed by atoms with Crippen LogP contribution in [0.1, 0.15) is 5.56 Å². The van der Waals surface area contributed by atoms with E-state index >= 15 is 0 Å². The number of hydrogen-bond donors (Lipinski definition) is 1. The summed E-state index contributed by atoms with van der Waals surface area (Å²) in [7, 11) is 0. The Labute approximate surface area is 130 Å². The molecular formula is C7H5BF6KN. The molecule has 0 amide bonds. The zero-order valence-electron chi connectivity index (χ0n) is 8.15. The SMILES string of the molecule is Nc1ccc(C(F)(F)F)c([B-](F)(F)F)c1.[K+]. The molecule has 0 heterocycles. The molecule has 0 aliphatic rings. The molecule has 1 nitrogen and oxygen atoms in total. The second-order valence-electron chi connectivity index (χ2n) is 2.92. The van der Waals surface area contributed by atoms with Gasteiger partial charge in [-0.1, -0.05) is 17.6 Å². The van der Waals surface area contributed by atoms with Gasteiger partial charge in [-0.05, 0) is 6.07 Å². The van der Waals surface area contributed by atoms with E-state index in [1.807, 2.05) is 0 Å². The van der Waals surface area contributed by atoms with Crippen LogP contribution in [-0.2, 0) is 6.18 Å².